The first-order valence-corrected chi connectivity index (χ1v) is 8.27. The summed E-state index contributed by atoms with van der Waals surface area (Å²) < 4.78 is 27.3. The van der Waals surface area contributed by atoms with Crippen molar-refractivity contribution in [3.8, 4) is 0 Å². The predicted octanol–water partition coefficient (Wildman–Crippen LogP) is 3.11. The van der Waals surface area contributed by atoms with Crippen molar-refractivity contribution < 1.29 is 8.42 Å². The van der Waals surface area contributed by atoms with E-state index in [4.69, 9.17) is 0 Å². The Balaban J connectivity index is 2.13. The van der Waals surface area contributed by atoms with Crippen molar-refractivity contribution in [2.45, 2.75) is 17.1 Å². The van der Waals surface area contributed by atoms with Crippen LogP contribution < -0.4 is 0 Å². The van der Waals surface area contributed by atoms with Gasteiger partial charge in [-0.05, 0) is 31.2 Å². The first kappa shape index (κ1) is 13.8. The highest BCUT2D eigenvalue weighted by Gasteiger charge is 2.28. The van der Waals surface area contributed by atoms with E-state index in [1.165, 1.54) is 0 Å². The van der Waals surface area contributed by atoms with Gasteiger partial charge < -0.3 is 4.57 Å². The van der Waals surface area contributed by atoms with E-state index in [2.05, 4.69) is 4.98 Å². The van der Waals surface area contributed by atoms with Gasteiger partial charge in [0.1, 0.15) is 11.1 Å². The summed E-state index contributed by atoms with van der Waals surface area (Å²) in [7, 11) is -1.60. The molecule has 0 N–H and O–H groups in total. The average Bonchev–Trinajstić information content (AvgIpc) is 2.85. The number of rotatable bonds is 3. The fourth-order valence-electron chi connectivity index (χ4n) is 2.48. The third-order valence-corrected chi connectivity index (χ3v) is 5.79. The second kappa shape index (κ2) is 5.00. The zero-order chi connectivity index (χ0) is 15.0. The van der Waals surface area contributed by atoms with Crippen LogP contribution in [0.3, 0.4) is 0 Å². The van der Waals surface area contributed by atoms with Crippen molar-refractivity contribution in [1.82, 2.24) is 9.55 Å². The van der Waals surface area contributed by atoms with Crippen molar-refractivity contribution in [3.05, 3.63) is 60.4 Å². The number of para-hydroxylation sites is 2. The Morgan fingerprint density at radius 1 is 1.00 bits per heavy atom. The monoisotopic (exact) mass is 300 g/mol. The van der Waals surface area contributed by atoms with E-state index >= 15 is 0 Å². The Bertz CT molecular complexity index is 883. The molecule has 3 rings (SSSR count). The van der Waals surface area contributed by atoms with Crippen LogP contribution in [0.25, 0.3) is 11.0 Å². The van der Waals surface area contributed by atoms with Crippen LogP contribution in [0.15, 0.2) is 59.5 Å². The standard InChI is InChI=1S/C16H16N2O2S/c1-12(21(19,20)13-8-4-3-5-9-13)16-17-14-10-6-7-11-15(14)18(16)2/h3-12H,1-2H3. The lowest BCUT2D eigenvalue weighted by atomic mass is 10.3. The summed E-state index contributed by atoms with van der Waals surface area (Å²) in [6, 6.07) is 16.2. The van der Waals surface area contributed by atoms with Crippen molar-refractivity contribution in [2.24, 2.45) is 7.05 Å². The molecule has 0 aliphatic rings. The number of benzene rings is 2. The fourth-order valence-corrected chi connectivity index (χ4v) is 3.91. The largest absolute Gasteiger partial charge is 0.330 e. The predicted molar refractivity (Wildman–Crippen MR) is 82.8 cm³/mol. The maximum absolute atomic E-state index is 12.7. The fraction of sp³-hybridized carbons (Fsp3) is 0.188. The minimum absolute atomic E-state index is 0.324. The molecule has 2 aromatic carbocycles. The molecule has 5 heteroatoms. The number of imidazole rings is 1. The van der Waals surface area contributed by atoms with E-state index in [0.717, 1.165) is 11.0 Å². The Kier molecular flexibility index (Phi) is 3.29. The molecule has 1 aromatic heterocycles. The number of fused-ring (bicyclic) bond motifs is 1. The molecule has 0 radical (unpaired) electrons. The van der Waals surface area contributed by atoms with Crippen molar-refractivity contribution in [2.75, 3.05) is 0 Å². The lowest BCUT2D eigenvalue weighted by Gasteiger charge is -2.13. The number of nitrogens with zero attached hydrogens (tertiary/aromatic N) is 2. The molecule has 1 heterocycles. The number of sulfone groups is 1. The Morgan fingerprint density at radius 3 is 2.29 bits per heavy atom. The SMILES string of the molecule is CC(c1nc2ccccc2n1C)S(=O)(=O)c1ccccc1. The third-order valence-electron chi connectivity index (χ3n) is 3.72. The summed E-state index contributed by atoms with van der Waals surface area (Å²) in [5.74, 6) is 0.556. The molecule has 0 aliphatic heterocycles. The van der Waals surface area contributed by atoms with Crippen LogP contribution in [-0.2, 0) is 16.9 Å². The Labute approximate surface area is 124 Å². The van der Waals surface area contributed by atoms with Crippen LogP contribution in [0, 0.1) is 0 Å². The minimum Gasteiger partial charge on any atom is -0.330 e. The molecule has 108 valence electrons. The smallest absolute Gasteiger partial charge is 0.188 e. The highest BCUT2D eigenvalue weighted by molar-refractivity contribution is 7.91. The van der Waals surface area contributed by atoms with Crippen LogP contribution in [0.5, 0.6) is 0 Å². The summed E-state index contributed by atoms with van der Waals surface area (Å²) >= 11 is 0. The highest BCUT2D eigenvalue weighted by atomic mass is 32.2. The van der Waals surface area contributed by atoms with Gasteiger partial charge in [0, 0.05) is 7.05 Å². The van der Waals surface area contributed by atoms with Gasteiger partial charge in [0.2, 0.25) is 0 Å². The molecule has 0 saturated heterocycles. The molecule has 0 amide bonds. The molecule has 0 spiro atoms. The lowest BCUT2D eigenvalue weighted by Crippen LogP contribution is -2.14. The zero-order valence-electron chi connectivity index (χ0n) is 11.9. The lowest BCUT2D eigenvalue weighted by molar-refractivity contribution is 0.581. The highest BCUT2D eigenvalue weighted by Crippen LogP contribution is 2.29. The summed E-state index contributed by atoms with van der Waals surface area (Å²) in [5, 5.41) is -0.697. The average molecular weight is 300 g/mol. The molecule has 0 saturated carbocycles. The van der Waals surface area contributed by atoms with Gasteiger partial charge >= 0.3 is 0 Å². The van der Waals surface area contributed by atoms with E-state index < -0.39 is 15.1 Å². The molecule has 4 nitrogen and oxygen atoms in total. The summed E-state index contributed by atoms with van der Waals surface area (Å²) in [6.45, 7) is 1.68. The normalized spacial score (nSPS) is 13.4. The maximum Gasteiger partial charge on any atom is 0.188 e. The van der Waals surface area contributed by atoms with E-state index in [0.29, 0.717) is 10.7 Å². The van der Waals surface area contributed by atoms with Crippen molar-refractivity contribution in [1.29, 1.82) is 0 Å². The zero-order valence-corrected chi connectivity index (χ0v) is 12.7. The molecule has 1 unspecified atom stereocenters. The van der Waals surface area contributed by atoms with E-state index in [1.54, 1.807) is 37.3 Å². The van der Waals surface area contributed by atoms with Gasteiger partial charge in [0.25, 0.3) is 0 Å². The van der Waals surface area contributed by atoms with Crippen LogP contribution >= 0.6 is 0 Å². The summed E-state index contributed by atoms with van der Waals surface area (Å²) in [5.41, 5.74) is 1.74. The molecular weight excluding hydrogens is 284 g/mol. The summed E-state index contributed by atoms with van der Waals surface area (Å²) in [4.78, 5) is 4.81. The minimum atomic E-state index is -3.45. The number of aryl methyl sites for hydroxylation is 1. The molecular formula is C16H16N2O2S. The quantitative estimate of drug-likeness (QED) is 0.747. The van der Waals surface area contributed by atoms with Gasteiger partial charge in [0.15, 0.2) is 9.84 Å². The van der Waals surface area contributed by atoms with E-state index in [9.17, 15) is 8.42 Å². The first-order chi connectivity index (χ1) is 10.0. The second-order valence-electron chi connectivity index (χ2n) is 5.02. The van der Waals surface area contributed by atoms with Crippen molar-refractivity contribution >= 4 is 20.9 Å². The maximum atomic E-state index is 12.7. The number of hydrogen-bond donors (Lipinski definition) is 0. The Hall–Kier alpha value is -2.14. The van der Waals surface area contributed by atoms with Crippen LogP contribution in [0.1, 0.15) is 18.0 Å². The van der Waals surface area contributed by atoms with Crippen LogP contribution in [0.4, 0.5) is 0 Å². The molecule has 3 aromatic rings. The number of aromatic nitrogens is 2. The summed E-state index contributed by atoms with van der Waals surface area (Å²) in [6.07, 6.45) is 0. The molecule has 0 aliphatic carbocycles. The van der Waals surface area contributed by atoms with Gasteiger partial charge in [-0.25, -0.2) is 13.4 Å². The molecule has 21 heavy (non-hydrogen) atoms. The van der Waals surface area contributed by atoms with Crippen LogP contribution in [0.2, 0.25) is 0 Å². The van der Waals surface area contributed by atoms with E-state index in [-0.39, 0.29) is 0 Å². The van der Waals surface area contributed by atoms with Gasteiger partial charge in [-0.1, -0.05) is 30.3 Å². The van der Waals surface area contributed by atoms with Gasteiger partial charge in [-0.15, -0.1) is 0 Å². The van der Waals surface area contributed by atoms with Gasteiger partial charge in [-0.2, -0.15) is 0 Å². The second-order valence-corrected chi connectivity index (χ2v) is 7.29. The van der Waals surface area contributed by atoms with Crippen LogP contribution in [-0.4, -0.2) is 18.0 Å². The molecule has 0 bridgehead atoms. The third kappa shape index (κ3) is 2.23. The molecule has 1 atom stereocenters. The first-order valence-electron chi connectivity index (χ1n) is 6.72. The van der Waals surface area contributed by atoms with Gasteiger partial charge in [-0.3, -0.25) is 0 Å². The van der Waals surface area contributed by atoms with Gasteiger partial charge in [0.05, 0.1) is 15.9 Å². The molecule has 0 fully saturated rings. The Morgan fingerprint density at radius 2 is 1.62 bits per heavy atom. The number of hydrogen-bond acceptors (Lipinski definition) is 3. The van der Waals surface area contributed by atoms with E-state index in [1.807, 2.05) is 35.9 Å². The van der Waals surface area contributed by atoms with Crippen molar-refractivity contribution in [3.63, 3.8) is 0 Å². The topological polar surface area (TPSA) is 52.0 Å².